The fourth-order valence-electron chi connectivity index (χ4n) is 1.48. The Morgan fingerprint density at radius 3 is 2.25 bits per heavy atom. The van der Waals surface area contributed by atoms with Gasteiger partial charge in [-0.3, -0.25) is 4.31 Å². The van der Waals surface area contributed by atoms with Gasteiger partial charge in [0.2, 0.25) is 20.0 Å². The Balaban J connectivity index is 3.06. The van der Waals surface area contributed by atoms with Gasteiger partial charge in [-0.25, -0.2) is 21.6 Å². The number of anilines is 1. The Kier molecular flexibility index (Phi) is 5.68. The van der Waals surface area contributed by atoms with E-state index in [9.17, 15) is 16.8 Å². The maximum absolute atomic E-state index is 11.8. The minimum absolute atomic E-state index is 0.0747. The summed E-state index contributed by atoms with van der Waals surface area (Å²) in [4.78, 5) is 0. The van der Waals surface area contributed by atoms with Crippen LogP contribution >= 0.6 is 23.2 Å². The van der Waals surface area contributed by atoms with E-state index in [0.29, 0.717) is 0 Å². The molecule has 0 saturated carbocycles. The fraction of sp³-hybridized carbons (Fsp3) is 0.400. The molecule has 0 unspecified atom stereocenters. The summed E-state index contributed by atoms with van der Waals surface area (Å²) in [6.07, 6.45) is 1.99. The standard InChI is InChI=1S/C10H14Cl2N2O4S2/c1-19(15,16)13-6-7-14(20(2,17)18)9-5-3-4-8(11)10(9)12/h3-5,13H,6-7H2,1-2H3. The predicted molar refractivity (Wildman–Crippen MR) is 81.5 cm³/mol. The molecule has 0 aliphatic heterocycles. The quantitative estimate of drug-likeness (QED) is 0.828. The second-order valence-corrected chi connectivity index (χ2v) is 8.60. The van der Waals surface area contributed by atoms with Crippen molar-refractivity contribution >= 4 is 48.9 Å². The van der Waals surface area contributed by atoms with Crippen LogP contribution in [0.2, 0.25) is 10.0 Å². The number of benzene rings is 1. The number of rotatable bonds is 6. The Hall–Kier alpha value is -0.540. The van der Waals surface area contributed by atoms with Crippen molar-refractivity contribution in [2.75, 3.05) is 29.9 Å². The molecule has 0 atom stereocenters. The zero-order valence-corrected chi connectivity index (χ0v) is 13.9. The SMILES string of the molecule is CS(=O)(=O)NCCN(c1cccc(Cl)c1Cl)S(C)(=O)=O. The largest absolute Gasteiger partial charge is 0.268 e. The summed E-state index contributed by atoms with van der Waals surface area (Å²) >= 11 is 11.8. The first-order chi connectivity index (χ1) is 9.02. The maximum atomic E-state index is 11.8. The van der Waals surface area contributed by atoms with Crippen LogP contribution in [0.25, 0.3) is 0 Å². The first-order valence-corrected chi connectivity index (χ1v) is 9.88. The van der Waals surface area contributed by atoms with Crippen molar-refractivity contribution in [3.05, 3.63) is 28.2 Å². The third kappa shape index (κ3) is 5.10. The summed E-state index contributed by atoms with van der Waals surface area (Å²) in [6.45, 7) is -0.166. The van der Waals surface area contributed by atoms with Gasteiger partial charge in [0.05, 0.1) is 28.2 Å². The molecule has 0 fully saturated rings. The van der Waals surface area contributed by atoms with Crippen molar-refractivity contribution in [1.82, 2.24) is 4.72 Å². The number of hydrogen-bond acceptors (Lipinski definition) is 4. The summed E-state index contributed by atoms with van der Waals surface area (Å²) in [5.41, 5.74) is 0.206. The van der Waals surface area contributed by atoms with Crippen molar-refractivity contribution in [3.8, 4) is 0 Å². The van der Waals surface area contributed by atoms with Crippen LogP contribution in [0.3, 0.4) is 0 Å². The minimum atomic E-state index is -3.62. The molecule has 1 rings (SSSR count). The molecule has 0 aromatic heterocycles. The van der Waals surface area contributed by atoms with Crippen molar-refractivity contribution in [2.45, 2.75) is 0 Å². The highest BCUT2D eigenvalue weighted by atomic mass is 35.5. The van der Waals surface area contributed by atoms with Crippen LogP contribution in [0, 0.1) is 0 Å². The summed E-state index contributed by atoms with van der Waals surface area (Å²) in [7, 11) is -7.02. The van der Waals surface area contributed by atoms with Crippen LogP contribution < -0.4 is 9.03 Å². The molecule has 1 N–H and O–H groups in total. The molecule has 0 amide bonds. The van der Waals surface area contributed by atoms with Crippen LogP contribution in [0.5, 0.6) is 0 Å². The van der Waals surface area contributed by atoms with Gasteiger partial charge in [-0.1, -0.05) is 29.3 Å². The molecule has 1 aromatic rings. The Morgan fingerprint density at radius 1 is 1.15 bits per heavy atom. The van der Waals surface area contributed by atoms with Gasteiger partial charge in [0.25, 0.3) is 0 Å². The lowest BCUT2D eigenvalue weighted by atomic mass is 10.3. The number of sulfonamides is 2. The highest BCUT2D eigenvalue weighted by Gasteiger charge is 2.21. The van der Waals surface area contributed by atoms with Crippen LogP contribution in [0.15, 0.2) is 18.2 Å². The van der Waals surface area contributed by atoms with Gasteiger partial charge in [0.1, 0.15) is 0 Å². The Morgan fingerprint density at radius 2 is 1.75 bits per heavy atom. The average Bonchev–Trinajstić information content (AvgIpc) is 2.26. The van der Waals surface area contributed by atoms with E-state index in [1.807, 2.05) is 0 Å². The molecule has 0 heterocycles. The zero-order chi connectivity index (χ0) is 15.6. The number of hydrogen-bond donors (Lipinski definition) is 1. The second kappa shape index (κ2) is 6.48. The van der Waals surface area contributed by atoms with E-state index in [4.69, 9.17) is 23.2 Å². The van der Waals surface area contributed by atoms with E-state index < -0.39 is 20.0 Å². The summed E-state index contributed by atoms with van der Waals surface area (Å²) < 4.78 is 48.8. The lowest BCUT2D eigenvalue weighted by molar-refractivity contribution is 0.583. The Labute approximate surface area is 128 Å². The minimum Gasteiger partial charge on any atom is -0.268 e. The number of halogens is 2. The molecule has 0 radical (unpaired) electrons. The molecular weight excluding hydrogens is 347 g/mol. The molecule has 0 spiro atoms. The van der Waals surface area contributed by atoms with E-state index in [1.54, 1.807) is 6.07 Å². The maximum Gasteiger partial charge on any atom is 0.232 e. The molecule has 6 nitrogen and oxygen atoms in total. The molecule has 114 valence electrons. The molecule has 20 heavy (non-hydrogen) atoms. The van der Waals surface area contributed by atoms with Gasteiger partial charge < -0.3 is 0 Å². The first kappa shape index (κ1) is 17.5. The van der Waals surface area contributed by atoms with Gasteiger partial charge in [0, 0.05) is 13.1 Å². The van der Waals surface area contributed by atoms with Crippen molar-refractivity contribution in [2.24, 2.45) is 0 Å². The smallest absolute Gasteiger partial charge is 0.232 e. The highest BCUT2D eigenvalue weighted by Crippen LogP contribution is 2.33. The summed E-state index contributed by atoms with van der Waals surface area (Å²) in [6, 6.07) is 4.59. The fourth-order valence-corrected chi connectivity index (χ4v) is 3.32. The molecule has 10 heteroatoms. The average molecular weight is 361 g/mol. The monoisotopic (exact) mass is 360 g/mol. The lowest BCUT2D eigenvalue weighted by Crippen LogP contribution is -2.38. The van der Waals surface area contributed by atoms with E-state index in [1.165, 1.54) is 12.1 Å². The second-order valence-electron chi connectivity index (χ2n) is 4.07. The van der Waals surface area contributed by atoms with Gasteiger partial charge in [-0.05, 0) is 12.1 Å². The summed E-state index contributed by atoms with van der Waals surface area (Å²) in [5.74, 6) is 0. The van der Waals surface area contributed by atoms with Crippen molar-refractivity contribution < 1.29 is 16.8 Å². The topological polar surface area (TPSA) is 83.6 Å². The van der Waals surface area contributed by atoms with Gasteiger partial charge in [-0.15, -0.1) is 0 Å². The molecule has 0 aliphatic rings. The van der Waals surface area contributed by atoms with Gasteiger partial charge in [0.15, 0.2) is 0 Å². The van der Waals surface area contributed by atoms with Crippen molar-refractivity contribution in [1.29, 1.82) is 0 Å². The van der Waals surface area contributed by atoms with Crippen molar-refractivity contribution in [3.63, 3.8) is 0 Å². The number of nitrogens with one attached hydrogen (secondary N) is 1. The Bertz CT molecular complexity index is 689. The third-order valence-electron chi connectivity index (χ3n) is 2.28. The first-order valence-electron chi connectivity index (χ1n) is 5.39. The van der Waals surface area contributed by atoms with E-state index >= 15 is 0 Å². The molecule has 1 aromatic carbocycles. The lowest BCUT2D eigenvalue weighted by Gasteiger charge is -2.23. The van der Waals surface area contributed by atoms with E-state index in [-0.39, 0.29) is 28.8 Å². The van der Waals surface area contributed by atoms with E-state index in [0.717, 1.165) is 16.8 Å². The third-order valence-corrected chi connectivity index (χ3v) is 5.00. The highest BCUT2D eigenvalue weighted by molar-refractivity contribution is 7.92. The van der Waals surface area contributed by atoms with Crippen LogP contribution in [0.1, 0.15) is 0 Å². The number of nitrogens with zero attached hydrogens (tertiary/aromatic N) is 1. The van der Waals surface area contributed by atoms with Gasteiger partial charge in [-0.2, -0.15) is 0 Å². The molecule has 0 bridgehead atoms. The molecular formula is C10H14Cl2N2O4S2. The van der Waals surface area contributed by atoms with Gasteiger partial charge >= 0.3 is 0 Å². The van der Waals surface area contributed by atoms with Crippen LogP contribution in [0.4, 0.5) is 5.69 Å². The predicted octanol–water partition coefficient (Wildman–Crippen LogP) is 1.31. The molecule has 0 aliphatic carbocycles. The normalized spacial score (nSPS) is 12.4. The van der Waals surface area contributed by atoms with Crippen LogP contribution in [-0.4, -0.2) is 42.4 Å². The molecule has 0 saturated heterocycles. The zero-order valence-electron chi connectivity index (χ0n) is 10.8. The van der Waals surface area contributed by atoms with E-state index in [2.05, 4.69) is 4.72 Å². The summed E-state index contributed by atoms with van der Waals surface area (Å²) in [5, 5.41) is 0.313. The van der Waals surface area contributed by atoms with Crippen LogP contribution in [-0.2, 0) is 20.0 Å².